The van der Waals surface area contributed by atoms with E-state index in [-0.39, 0.29) is 17.5 Å². The Labute approximate surface area is 193 Å². The molecular formula is C25H44N4O3. The highest BCUT2D eigenvalue weighted by atomic mass is 16.6. The number of rotatable bonds is 7. The topological polar surface area (TPSA) is 126 Å². The molecule has 0 amide bonds. The fourth-order valence-electron chi connectivity index (χ4n) is 8.43. The molecule has 4 fully saturated rings. The lowest BCUT2D eigenvalue weighted by Gasteiger charge is -2.63. The van der Waals surface area contributed by atoms with E-state index in [1.165, 1.54) is 12.8 Å². The largest absolute Gasteiger partial charge is 0.394 e. The summed E-state index contributed by atoms with van der Waals surface area (Å²) in [5.74, 6) is 2.24. The normalized spacial score (nSPS) is 45.7. The molecule has 8 atom stereocenters. The van der Waals surface area contributed by atoms with Crippen molar-refractivity contribution in [1.82, 2.24) is 0 Å². The number of nitrogens with zero attached hydrogens (tertiary/aromatic N) is 2. The maximum absolute atomic E-state index is 12.2. The Morgan fingerprint density at radius 1 is 1.06 bits per heavy atom. The van der Waals surface area contributed by atoms with Gasteiger partial charge in [0.05, 0.1) is 18.2 Å². The van der Waals surface area contributed by atoms with Gasteiger partial charge in [-0.1, -0.05) is 19.0 Å². The average molecular weight is 449 g/mol. The minimum atomic E-state index is -0.543. The zero-order valence-electron chi connectivity index (χ0n) is 20.0. The molecule has 0 heterocycles. The second-order valence-corrected chi connectivity index (χ2v) is 11.5. The van der Waals surface area contributed by atoms with Crippen molar-refractivity contribution in [3.8, 4) is 0 Å². The highest BCUT2D eigenvalue weighted by Crippen LogP contribution is 2.69. The summed E-state index contributed by atoms with van der Waals surface area (Å²) in [6, 6.07) is 0. The Balaban J connectivity index is 1.36. The fourth-order valence-corrected chi connectivity index (χ4v) is 8.43. The summed E-state index contributed by atoms with van der Waals surface area (Å²) in [6.07, 6.45) is 13.3. The van der Waals surface area contributed by atoms with Crippen LogP contribution in [0.25, 0.3) is 0 Å². The summed E-state index contributed by atoms with van der Waals surface area (Å²) in [6.45, 7) is 5.62. The third kappa shape index (κ3) is 4.04. The average Bonchev–Trinajstić information content (AvgIpc) is 3.01. The Hall–Kier alpha value is -1.34. The van der Waals surface area contributed by atoms with Crippen molar-refractivity contribution in [1.29, 1.82) is 0 Å². The number of hydrogen-bond donors (Lipinski definition) is 4. The van der Waals surface area contributed by atoms with Crippen molar-refractivity contribution in [2.45, 2.75) is 96.2 Å². The minimum Gasteiger partial charge on any atom is -0.394 e. The maximum atomic E-state index is 12.2. The van der Waals surface area contributed by atoms with Gasteiger partial charge in [0.15, 0.2) is 5.96 Å². The van der Waals surface area contributed by atoms with Crippen LogP contribution in [0.3, 0.4) is 0 Å². The van der Waals surface area contributed by atoms with Gasteiger partial charge in [-0.3, -0.25) is 0 Å². The van der Waals surface area contributed by atoms with E-state index in [2.05, 4.69) is 24.0 Å². The Morgan fingerprint density at radius 2 is 1.88 bits per heavy atom. The number of aliphatic imine (C=N–C) groups is 1. The van der Waals surface area contributed by atoms with E-state index in [9.17, 15) is 10.2 Å². The van der Waals surface area contributed by atoms with Crippen LogP contribution in [0, 0.1) is 34.5 Å². The van der Waals surface area contributed by atoms with E-state index in [4.69, 9.17) is 16.3 Å². The van der Waals surface area contributed by atoms with Crippen molar-refractivity contribution in [3.63, 3.8) is 0 Å². The van der Waals surface area contributed by atoms with Crippen LogP contribution in [0.4, 0.5) is 0 Å². The van der Waals surface area contributed by atoms with E-state index < -0.39 is 5.60 Å². The first-order valence-electron chi connectivity index (χ1n) is 12.8. The van der Waals surface area contributed by atoms with E-state index >= 15 is 0 Å². The van der Waals surface area contributed by atoms with Gasteiger partial charge in [0.1, 0.15) is 6.61 Å². The smallest absolute Gasteiger partial charge is 0.186 e. The molecule has 0 bridgehead atoms. The quantitative estimate of drug-likeness (QED) is 0.206. The van der Waals surface area contributed by atoms with Crippen LogP contribution < -0.4 is 11.5 Å². The van der Waals surface area contributed by atoms with Crippen LogP contribution in [0.1, 0.15) is 84.5 Å². The molecule has 4 saturated carbocycles. The predicted molar refractivity (Wildman–Crippen MR) is 127 cm³/mol. The lowest BCUT2D eigenvalue weighted by Crippen LogP contribution is -2.62. The summed E-state index contributed by atoms with van der Waals surface area (Å²) >= 11 is 0. The standard InChI is InChI=1S/C25H44N4O3/c1-23-10-8-19(30)16-18(23)5-6-21-20(23)9-11-24(2)17(7-12-25(21,24)31)4-3-13-29-32-15-14-28-22(26)27/h13,17-21,30-31H,3-12,14-16H2,1-2H3,(H4,26,27,28)/b29-13+/t17-,18+,19-,20-,21+,23-,24+,25-/m0/s1. The zero-order chi connectivity index (χ0) is 23.0. The first-order valence-corrected chi connectivity index (χ1v) is 12.8. The van der Waals surface area contributed by atoms with Crippen LogP contribution in [-0.2, 0) is 4.84 Å². The van der Waals surface area contributed by atoms with Crippen LogP contribution in [0.5, 0.6) is 0 Å². The summed E-state index contributed by atoms with van der Waals surface area (Å²) in [5, 5.41) is 26.5. The number of aliphatic hydroxyl groups is 2. The van der Waals surface area contributed by atoms with E-state index in [1.807, 2.05) is 6.21 Å². The molecule has 0 aromatic carbocycles. The summed E-state index contributed by atoms with van der Waals surface area (Å²) in [5.41, 5.74) is 10.3. The van der Waals surface area contributed by atoms with Crippen LogP contribution in [0.15, 0.2) is 10.1 Å². The highest BCUT2D eigenvalue weighted by Gasteiger charge is 2.66. The molecule has 0 aromatic heterocycles. The van der Waals surface area contributed by atoms with E-state index in [0.29, 0.717) is 42.2 Å². The highest BCUT2D eigenvalue weighted by molar-refractivity contribution is 5.75. The third-order valence-electron chi connectivity index (χ3n) is 10.3. The molecular weight excluding hydrogens is 404 g/mol. The SMILES string of the molecule is C[C@]12CC[C@H](O)C[C@H]1CC[C@@H]1[C@@H]2CC[C@]2(C)[C@@H](CC/C=N/OCCN=C(N)N)CC[C@]12O. The Bertz CT molecular complexity index is 726. The van der Waals surface area contributed by atoms with Crippen molar-refractivity contribution in [2.24, 2.45) is 56.1 Å². The second-order valence-electron chi connectivity index (χ2n) is 11.5. The van der Waals surface area contributed by atoms with Crippen molar-refractivity contribution < 1.29 is 15.1 Å². The number of nitrogens with two attached hydrogens (primary N) is 2. The number of hydrogen-bond acceptors (Lipinski definition) is 5. The van der Waals surface area contributed by atoms with Gasteiger partial charge < -0.3 is 26.5 Å². The van der Waals surface area contributed by atoms with Gasteiger partial charge >= 0.3 is 0 Å². The van der Waals surface area contributed by atoms with Gasteiger partial charge in [-0.25, -0.2) is 4.99 Å². The first-order chi connectivity index (χ1) is 15.2. The predicted octanol–water partition coefficient (Wildman–Crippen LogP) is 3.18. The van der Waals surface area contributed by atoms with Gasteiger partial charge in [0.25, 0.3) is 0 Å². The van der Waals surface area contributed by atoms with Gasteiger partial charge in [-0.15, -0.1) is 0 Å². The van der Waals surface area contributed by atoms with E-state index in [1.54, 1.807) is 0 Å². The number of oxime groups is 1. The third-order valence-corrected chi connectivity index (χ3v) is 10.3. The molecule has 4 aliphatic carbocycles. The number of guanidine groups is 1. The monoisotopic (exact) mass is 448 g/mol. The Kier molecular flexibility index (Phi) is 6.79. The summed E-state index contributed by atoms with van der Waals surface area (Å²) in [4.78, 5) is 9.09. The number of aliphatic hydroxyl groups excluding tert-OH is 1. The van der Waals surface area contributed by atoms with Crippen LogP contribution >= 0.6 is 0 Å². The van der Waals surface area contributed by atoms with Crippen molar-refractivity contribution >= 4 is 12.2 Å². The van der Waals surface area contributed by atoms with Crippen molar-refractivity contribution in [2.75, 3.05) is 13.2 Å². The number of fused-ring (bicyclic) bond motifs is 5. The molecule has 0 saturated heterocycles. The molecule has 7 nitrogen and oxygen atoms in total. The molecule has 7 heteroatoms. The van der Waals surface area contributed by atoms with Gasteiger partial charge in [-0.2, -0.15) is 0 Å². The summed E-state index contributed by atoms with van der Waals surface area (Å²) in [7, 11) is 0. The lowest BCUT2D eigenvalue weighted by atomic mass is 9.43. The first kappa shape index (κ1) is 23.8. The Morgan fingerprint density at radius 3 is 2.66 bits per heavy atom. The minimum absolute atomic E-state index is 0.00634. The molecule has 6 N–H and O–H groups in total. The molecule has 0 radical (unpaired) electrons. The zero-order valence-corrected chi connectivity index (χ0v) is 20.0. The maximum Gasteiger partial charge on any atom is 0.186 e. The molecule has 4 aliphatic rings. The van der Waals surface area contributed by atoms with Crippen LogP contribution in [-0.4, -0.2) is 47.2 Å². The van der Waals surface area contributed by atoms with Gasteiger partial charge in [-0.05, 0) is 105 Å². The molecule has 0 spiro atoms. The molecule has 32 heavy (non-hydrogen) atoms. The molecule has 4 rings (SSSR count). The molecule has 0 aromatic rings. The fraction of sp³-hybridized carbons (Fsp3) is 0.920. The molecule has 182 valence electrons. The lowest BCUT2D eigenvalue weighted by molar-refractivity contribution is -0.210. The van der Waals surface area contributed by atoms with Crippen molar-refractivity contribution in [3.05, 3.63) is 0 Å². The van der Waals surface area contributed by atoms with Gasteiger partial charge in [0, 0.05) is 6.21 Å². The second kappa shape index (κ2) is 9.13. The summed E-state index contributed by atoms with van der Waals surface area (Å²) < 4.78 is 0. The molecule has 0 unspecified atom stereocenters. The van der Waals surface area contributed by atoms with Crippen LogP contribution in [0.2, 0.25) is 0 Å². The molecule has 0 aliphatic heterocycles. The van der Waals surface area contributed by atoms with Gasteiger partial charge in [0.2, 0.25) is 0 Å². The van der Waals surface area contributed by atoms with E-state index in [0.717, 1.165) is 57.8 Å².